The van der Waals surface area contributed by atoms with Crippen molar-refractivity contribution in [1.82, 2.24) is 9.13 Å². The fourth-order valence-corrected chi connectivity index (χ4v) is 4.00. The zero-order valence-electron chi connectivity index (χ0n) is 13.1. The molecule has 127 valence electrons. The van der Waals surface area contributed by atoms with E-state index in [0.29, 0.717) is 20.5 Å². The van der Waals surface area contributed by atoms with Crippen LogP contribution in [0.3, 0.4) is 0 Å². The maximum atomic E-state index is 6.42. The topological polar surface area (TPSA) is 48.2 Å². The normalized spacial score (nSPS) is 11.7. The first-order valence-electron chi connectivity index (χ1n) is 7.23. The van der Waals surface area contributed by atoms with Gasteiger partial charge in [-0.3, -0.25) is 0 Å². The molecule has 0 bridgehead atoms. The number of nitrogens with zero attached hydrogens (tertiary/aromatic N) is 3. The van der Waals surface area contributed by atoms with Crippen molar-refractivity contribution in [3.8, 4) is 5.69 Å². The molecule has 0 atom stereocenters. The Balaban J connectivity index is 2.11. The van der Waals surface area contributed by atoms with Crippen molar-refractivity contribution in [2.24, 2.45) is 12.0 Å². The summed E-state index contributed by atoms with van der Waals surface area (Å²) in [7, 11) is 1.93. The molecule has 1 aromatic heterocycles. The molecular weight excluding hydrogens is 489 g/mol. The minimum atomic E-state index is 0.574. The minimum absolute atomic E-state index is 0.574. The second-order valence-electron chi connectivity index (χ2n) is 5.28. The molecule has 0 spiro atoms. The summed E-state index contributed by atoms with van der Waals surface area (Å²) in [6.45, 7) is 0. The third kappa shape index (κ3) is 3.80. The van der Waals surface area contributed by atoms with Gasteiger partial charge in [-0.1, -0.05) is 0 Å². The summed E-state index contributed by atoms with van der Waals surface area (Å²) in [4.78, 5) is 4.61. The number of aliphatic imine (C=N–C) groups is 1. The first-order chi connectivity index (χ1) is 11.9. The number of nitrogens with two attached hydrogens (primary N) is 1. The van der Waals surface area contributed by atoms with Crippen molar-refractivity contribution in [2.75, 3.05) is 5.73 Å². The van der Waals surface area contributed by atoms with Gasteiger partial charge in [0.1, 0.15) is 0 Å². The van der Waals surface area contributed by atoms with Gasteiger partial charge in [0, 0.05) is 0 Å². The first-order valence-corrected chi connectivity index (χ1v) is 9.70. The van der Waals surface area contributed by atoms with Crippen LogP contribution in [0.1, 0.15) is 5.69 Å². The molecule has 0 amide bonds. The average Bonchev–Trinajstić information content (AvgIpc) is 2.80. The molecule has 0 aliphatic rings. The van der Waals surface area contributed by atoms with E-state index < -0.39 is 0 Å². The van der Waals surface area contributed by atoms with E-state index in [1.807, 2.05) is 52.6 Å². The van der Waals surface area contributed by atoms with Gasteiger partial charge in [0.25, 0.3) is 0 Å². The van der Waals surface area contributed by atoms with Crippen molar-refractivity contribution in [2.45, 2.75) is 0 Å². The van der Waals surface area contributed by atoms with Crippen LogP contribution in [0.2, 0.25) is 10.0 Å². The molecule has 25 heavy (non-hydrogen) atoms. The number of halogens is 2. The summed E-state index contributed by atoms with van der Waals surface area (Å²) in [5.41, 5.74) is 8.92. The molecule has 8 heteroatoms. The molecule has 0 aliphatic heterocycles. The van der Waals surface area contributed by atoms with Crippen LogP contribution < -0.4 is 5.73 Å². The Bertz CT molecular complexity index is 1000. The molecule has 0 saturated heterocycles. The zero-order chi connectivity index (χ0) is 18.1. The predicted molar refractivity (Wildman–Crippen MR) is 107 cm³/mol. The van der Waals surface area contributed by atoms with Gasteiger partial charge in [0.15, 0.2) is 0 Å². The Labute approximate surface area is 171 Å². The van der Waals surface area contributed by atoms with Crippen LogP contribution in [0, 0.1) is 4.32 Å². The van der Waals surface area contributed by atoms with Crippen LogP contribution >= 0.6 is 23.2 Å². The SMILES string of the molecule is Cn1c(C([Se])=Nc2ccc(Cl)cc2)c(N)n(-c2ccc(Cl)cc2)c1=[Se]. The Morgan fingerprint density at radius 2 is 1.52 bits per heavy atom. The number of hydrogen-bond acceptors (Lipinski definition) is 2. The van der Waals surface area contributed by atoms with Gasteiger partial charge in [-0.15, -0.1) is 0 Å². The third-order valence-corrected chi connectivity index (χ3v) is 5.70. The summed E-state index contributed by atoms with van der Waals surface area (Å²) >= 11 is 18.0. The Kier molecular flexibility index (Phi) is 5.59. The number of benzene rings is 2. The third-order valence-electron chi connectivity index (χ3n) is 3.64. The molecule has 1 heterocycles. The van der Waals surface area contributed by atoms with Crippen LogP contribution in [0.4, 0.5) is 11.5 Å². The van der Waals surface area contributed by atoms with E-state index in [-0.39, 0.29) is 0 Å². The molecule has 3 rings (SSSR count). The number of aromatic nitrogens is 2. The maximum absolute atomic E-state index is 6.42. The zero-order valence-corrected chi connectivity index (χ0v) is 18.0. The molecular formula is C17H13Cl2N4Se2. The summed E-state index contributed by atoms with van der Waals surface area (Å²) in [5.74, 6) is 0.574. The second kappa shape index (κ2) is 7.55. The first kappa shape index (κ1) is 18.5. The summed E-state index contributed by atoms with van der Waals surface area (Å²) in [5, 5.41) is 1.35. The molecule has 2 aromatic carbocycles. The van der Waals surface area contributed by atoms with Gasteiger partial charge >= 0.3 is 172 Å². The number of nitrogen functional groups attached to an aromatic ring is 1. The van der Waals surface area contributed by atoms with Crippen molar-refractivity contribution in [3.63, 3.8) is 0 Å². The summed E-state index contributed by atoms with van der Waals surface area (Å²) in [6, 6.07) is 14.8. The fraction of sp³-hybridized carbons (Fsp3) is 0.0588. The van der Waals surface area contributed by atoms with Crippen molar-refractivity contribution >= 4 is 70.9 Å². The van der Waals surface area contributed by atoms with Gasteiger partial charge in [-0.05, 0) is 0 Å². The van der Waals surface area contributed by atoms with E-state index >= 15 is 0 Å². The molecule has 3 aromatic rings. The van der Waals surface area contributed by atoms with Gasteiger partial charge in [-0.2, -0.15) is 0 Å². The van der Waals surface area contributed by atoms with E-state index in [1.54, 1.807) is 12.1 Å². The molecule has 0 aliphatic carbocycles. The molecule has 0 fully saturated rings. The van der Waals surface area contributed by atoms with E-state index in [2.05, 4.69) is 36.6 Å². The molecule has 2 N–H and O–H groups in total. The summed E-state index contributed by atoms with van der Waals surface area (Å²) < 4.78 is 5.41. The Morgan fingerprint density at radius 3 is 2.08 bits per heavy atom. The van der Waals surface area contributed by atoms with Crippen LogP contribution in [0.15, 0.2) is 53.5 Å². The molecule has 4 nitrogen and oxygen atoms in total. The second-order valence-corrected chi connectivity index (χ2v) is 7.73. The number of hydrogen-bond donors (Lipinski definition) is 1. The van der Waals surface area contributed by atoms with E-state index in [4.69, 9.17) is 28.9 Å². The molecule has 0 unspecified atom stereocenters. The van der Waals surface area contributed by atoms with Crippen LogP contribution in [0.25, 0.3) is 5.69 Å². The van der Waals surface area contributed by atoms with Gasteiger partial charge in [0.2, 0.25) is 0 Å². The number of anilines is 1. The van der Waals surface area contributed by atoms with Crippen molar-refractivity contribution < 1.29 is 0 Å². The van der Waals surface area contributed by atoms with E-state index in [9.17, 15) is 0 Å². The molecule has 0 saturated carbocycles. The quantitative estimate of drug-likeness (QED) is 0.432. The van der Waals surface area contributed by atoms with E-state index in [1.165, 1.54) is 0 Å². The van der Waals surface area contributed by atoms with Crippen LogP contribution in [0.5, 0.6) is 0 Å². The summed E-state index contributed by atoms with van der Waals surface area (Å²) in [6.07, 6.45) is 0. The monoisotopic (exact) mass is 503 g/mol. The Hall–Kier alpha value is -1.26. The Morgan fingerprint density at radius 1 is 1.00 bits per heavy atom. The van der Waals surface area contributed by atoms with Gasteiger partial charge in [-0.25, -0.2) is 0 Å². The van der Waals surface area contributed by atoms with Crippen molar-refractivity contribution in [3.05, 3.63) is 68.6 Å². The fourth-order valence-electron chi connectivity index (χ4n) is 2.40. The predicted octanol–water partition coefficient (Wildman–Crippen LogP) is 3.65. The average molecular weight is 502 g/mol. The van der Waals surface area contributed by atoms with Gasteiger partial charge in [0.05, 0.1) is 0 Å². The molecule has 1 radical (unpaired) electrons. The number of rotatable bonds is 3. The van der Waals surface area contributed by atoms with Gasteiger partial charge < -0.3 is 0 Å². The number of imidazole rings is 1. The van der Waals surface area contributed by atoms with E-state index in [0.717, 1.165) is 21.4 Å². The van der Waals surface area contributed by atoms with Crippen LogP contribution in [-0.2, 0) is 7.05 Å². The standard InChI is InChI=1S/C17H13Cl2N4Se2/c1-22-14(16(24)21-12-6-2-10(18)3-7-12)15(20)23(17(22)25)13-8-4-11(19)5-9-13/h2-9H,20H2,1H3. The van der Waals surface area contributed by atoms with Crippen LogP contribution in [-0.4, -0.2) is 45.3 Å². The van der Waals surface area contributed by atoms with Crippen molar-refractivity contribution in [1.29, 1.82) is 0 Å².